The standard InChI is InChI=1S/C9H17NO3.C2H6/c1-7-6-8(12-2)4-5-10(7)9(11)13-3;1-2/h7-8H,4-6H2,1-3H3;1-2H3. The van der Waals surface area contributed by atoms with Gasteiger partial charge in [0.2, 0.25) is 0 Å². The Morgan fingerprint density at radius 1 is 1.33 bits per heavy atom. The molecule has 0 aromatic rings. The summed E-state index contributed by atoms with van der Waals surface area (Å²) in [6.07, 6.45) is 1.85. The monoisotopic (exact) mass is 217 g/mol. The lowest BCUT2D eigenvalue weighted by molar-refractivity contribution is 0.0159. The average Bonchev–Trinajstić information content (AvgIpc) is 2.30. The summed E-state index contributed by atoms with van der Waals surface area (Å²) in [5.41, 5.74) is 0. The zero-order chi connectivity index (χ0) is 11.8. The van der Waals surface area contributed by atoms with Crippen molar-refractivity contribution >= 4 is 6.09 Å². The maximum Gasteiger partial charge on any atom is 0.409 e. The molecule has 0 aliphatic carbocycles. The second-order valence-corrected chi connectivity index (χ2v) is 3.39. The number of carbonyl (C=O) groups excluding carboxylic acids is 1. The lowest BCUT2D eigenvalue weighted by Crippen LogP contribution is -2.46. The smallest absolute Gasteiger partial charge is 0.409 e. The van der Waals surface area contributed by atoms with Crippen molar-refractivity contribution in [2.24, 2.45) is 0 Å². The second-order valence-electron chi connectivity index (χ2n) is 3.39. The largest absolute Gasteiger partial charge is 0.453 e. The summed E-state index contributed by atoms with van der Waals surface area (Å²) in [4.78, 5) is 13.0. The lowest BCUT2D eigenvalue weighted by Gasteiger charge is -2.35. The van der Waals surface area contributed by atoms with Gasteiger partial charge in [-0.15, -0.1) is 0 Å². The van der Waals surface area contributed by atoms with Crippen LogP contribution in [0.2, 0.25) is 0 Å². The van der Waals surface area contributed by atoms with Crippen LogP contribution < -0.4 is 0 Å². The van der Waals surface area contributed by atoms with Crippen LogP contribution in [-0.2, 0) is 9.47 Å². The molecule has 90 valence electrons. The summed E-state index contributed by atoms with van der Waals surface area (Å²) in [5, 5.41) is 0. The van der Waals surface area contributed by atoms with Crippen molar-refractivity contribution in [1.29, 1.82) is 0 Å². The molecule has 4 nitrogen and oxygen atoms in total. The van der Waals surface area contributed by atoms with E-state index in [1.54, 1.807) is 12.0 Å². The molecule has 1 aliphatic rings. The highest BCUT2D eigenvalue weighted by Crippen LogP contribution is 2.19. The third-order valence-electron chi connectivity index (χ3n) is 2.57. The summed E-state index contributed by atoms with van der Waals surface area (Å²) in [5.74, 6) is 0. The van der Waals surface area contributed by atoms with Gasteiger partial charge in [0.15, 0.2) is 0 Å². The van der Waals surface area contributed by atoms with E-state index in [0.29, 0.717) is 0 Å². The fraction of sp³-hybridized carbons (Fsp3) is 0.909. The van der Waals surface area contributed by atoms with Crippen molar-refractivity contribution in [3.8, 4) is 0 Å². The average molecular weight is 217 g/mol. The molecule has 15 heavy (non-hydrogen) atoms. The number of ether oxygens (including phenoxy) is 2. The van der Waals surface area contributed by atoms with Gasteiger partial charge in [0, 0.05) is 19.7 Å². The van der Waals surface area contributed by atoms with Crippen molar-refractivity contribution < 1.29 is 14.3 Å². The quantitative estimate of drug-likeness (QED) is 0.676. The minimum atomic E-state index is -0.234. The third kappa shape index (κ3) is 4.08. The molecule has 0 radical (unpaired) electrons. The maximum absolute atomic E-state index is 11.2. The number of piperidine rings is 1. The summed E-state index contributed by atoms with van der Waals surface area (Å²) >= 11 is 0. The van der Waals surface area contributed by atoms with E-state index in [9.17, 15) is 4.79 Å². The predicted octanol–water partition coefficient (Wildman–Crippen LogP) is 2.28. The normalized spacial score (nSPS) is 25.3. The summed E-state index contributed by atoms with van der Waals surface area (Å²) in [6.45, 7) is 6.74. The number of hydrogen-bond donors (Lipinski definition) is 0. The van der Waals surface area contributed by atoms with Crippen LogP contribution in [0.15, 0.2) is 0 Å². The van der Waals surface area contributed by atoms with E-state index in [-0.39, 0.29) is 18.2 Å². The van der Waals surface area contributed by atoms with Crippen LogP contribution in [0, 0.1) is 0 Å². The number of hydrogen-bond acceptors (Lipinski definition) is 3. The summed E-state index contributed by atoms with van der Waals surface area (Å²) < 4.78 is 9.92. The van der Waals surface area contributed by atoms with Crippen molar-refractivity contribution in [3.05, 3.63) is 0 Å². The van der Waals surface area contributed by atoms with Crippen LogP contribution in [0.4, 0.5) is 4.79 Å². The van der Waals surface area contributed by atoms with Crippen LogP contribution in [0.3, 0.4) is 0 Å². The summed E-state index contributed by atoms with van der Waals surface area (Å²) in [7, 11) is 3.13. The number of amides is 1. The topological polar surface area (TPSA) is 38.8 Å². The highest BCUT2D eigenvalue weighted by Gasteiger charge is 2.28. The van der Waals surface area contributed by atoms with Crippen LogP contribution in [0.5, 0.6) is 0 Å². The molecule has 1 saturated heterocycles. The van der Waals surface area contributed by atoms with E-state index in [0.717, 1.165) is 19.4 Å². The van der Waals surface area contributed by atoms with Gasteiger partial charge >= 0.3 is 6.09 Å². The van der Waals surface area contributed by atoms with E-state index in [1.807, 2.05) is 20.8 Å². The first kappa shape index (κ1) is 14.2. The van der Waals surface area contributed by atoms with E-state index in [1.165, 1.54) is 7.11 Å². The Morgan fingerprint density at radius 3 is 2.33 bits per heavy atom. The van der Waals surface area contributed by atoms with Gasteiger partial charge in [0.1, 0.15) is 0 Å². The van der Waals surface area contributed by atoms with E-state index < -0.39 is 0 Å². The minimum absolute atomic E-state index is 0.214. The van der Waals surface area contributed by atoms with Crippen molar-refractivity contribution in [3.63, 3.8) is 0 Å². The van der Waals surface area contributed by atoms with Crippen molar-refractivity contribution in [2.45, 2.75) is 45.8 Å². The third-order valence-corrected chi connectivity index (χ3v) is 2.57. The predicted molar refractivity (Wildman–Crippen MR) is 60.0 cm³/mol. The first-order chi connectivity index (χ1) is 7.19. The van der Waals surface area contributed by atoms with Crippen molar-refractivity contribution in [2.75, 3.05) is 20.8 Å². The molecule has 2 unspecified atom stereocenters. The number of methoxy groups -OCH3 is 2. The molecule has 0 aromatic heterocycles. The van der Waals surface area contributed by atoms with Gasteiger partial charge in [-0.25, -0.2) is 4.79 Å². The molecule has 0 bridgehead atoms. The Balaban J connectivity index is 0.000000921. The van der Waals surface area contributed by atoms with Gasteiger partial charge in [0.05, 0.1) is 13.2 Å². The molecule has 1 rings (SSSR count). The Bertz CT molecular complexity index is 185. The van der Waals surface area contributed by atoms with Gasteiger partial charge in [0.25, 0.3) is 0 Å². The Hall–Kier alpha value is -0.770. The first-order valence-corrected chi connectivity index (χ1v) is 5.56. The molecule has 1 heterocycles. The molecular weight excluding hydrogens is 194 g/mol. The number of carbonyl (C=O) groups is 1. The highest BCUT2D eigenvalue weighted by molar-refractivity contribution is 5.67. The molecule has 4 heteroatoms. The van der Waals surface area contributed by atoms with Gasteiger partial charge in [-0.3, -0.25) is 0 Å². The Morgan fingerprint density at radius 2 is 1.93 bits per heavy atom. The SMILES string of the molecule is CC.COC(=O)N1CCC(OC)CC1C. The Labute approximate surface area is 92.5 Å². The molecule has 0 N–H and O–H groups in total. The molecule has 0 spiro atoms. The number of likely N-dealkylation sites (tertiary alicyclic amines) is 1. The van der Waals surface area contributed by atoms with Gasteiger partial charge < -0.3 is 14.4 Å². The van der Waals surface area contributed by atoms with E-state index in [4.69, 9.17) is 4.74 Å². The Kier molecular flexibility index (Phi) is 7.13. The minimum Gasteiger partial charge on any atom is -0.453 e. The molecule has 1 fully saturated rings. The molecule has 2 atom stereocenters. The highest BCUT2D eigenvalue weighted by atomic mass is 16.5. The molecule has 0 aromatic carbocycles. The zero-order valence-electron chi connectivity index (χ0n) is 10.4. The van der Waals surface area contributed by atoms with Gasteiger partial charge in [-0.1, -0.05) is 13.8 Å². The second kappa shape index (κ2) is 7.51. The summed E-state index contributed by atoms with van der Waals surface area (Å²) in [6, 6.07) is 0.214. The first-order valence-electron chi connectivity index (χ1n) is 5.56. The van der Waals surface area contributed by atoms with Gasteiger partial charge in [-0.2, -0.15) is 0 Å². The van der Waals surface area contributed by atoms with E-state index >= 15 is 0 Å². The fourth-order valence-corrected chi connectivity index (χ4v) is 1.73. The van der Waals surface area contributed by atoms with E-state index in [2.05, 4.69) is 4.74 Å². The number of rotatable bonds is 1. The fourth-order valence-electron chi connectivity index (χ4n) is 1.73. The molecule has 1 aliphatic heterocycles. The molecule has 0 saturated carbocycles. The molecule has 1 amide bonds. The zero-order valence-corrected chi connectivity index (χ0v) is 10.4. The maximum atomic E-state index is 11.2. The van der Waals surface area contributed by atoms with Crippen LogP contribution in [0.1, 0.15) is 33.6 Å². The van der Waals surface area contributed by atoms with Crippen LogP contribution in [-0.4, -0.2) is 43.9 Å². The van der Waals surface area contributed by atoms with Crippen molar-refractivity contribution in [1.82, 2.24) is 4.90 Å². The van der Waals surface area contributed by atoms with Crippen LogP contribution in [0.25, 0.3) is 0 Å². The molecular formula is C11H23NO3. The lowest BCUT2D eigenvalue weighted by atomic mass is 10.0. The number of nitrogens with zero attached hydrogens (tertiary/aromatic N) is 1. The van der Waals surface area contributed by atoms with Gasteiger partial charge in [-0.05, 0) is 19.8 Å². The van der Waals surface area contributed by atoms with Crippen LogP contribution >= 0.6 is 0 Å².